The number of halogens is 4. The molecule has 0 atom stereocenters. The van der Waals surface area contributed by atoms with Gasteiger partial charge < -0.3 is 4.90 Å². The third kappa shape index (κ3) is 4.73. The van der Waals surface area contributed by atoms with Crippen molar-refractivity contribution < 1.29 is 17.6 Å². The van der Waals surface area contributed by atoms with Crippen molar-refractivity contribution in [1.29, 1.82) is 0 Å². The maximum atomic E-state index is 13.6. The Kier molecular flexibility index (Phi) is 6.29. The number of benzene rings is 2. The third-order valence-corrected chi connectivity index (χ3v) is 7.71. The second-order valence-corrected chi connectivity index (χ2v) is 10.2. The van der Waals surface area contributed by atoms with Crippen LogP contribution in [0.5, 0.6) is 0 Å². The van der Waals surface area contributed by atoms with Crippen molar-refractivity contribution in [3.8, 4) is 11.4 Å². The van der Waals surface area contributed by atoms with Gasteiger partial charge in [0, 0.05) is 55.7 Å². The lowest BCUT2D eigenvalue weighted by atomic mass is 9.99. The van der Waals surface area contributed by atoms with Crippen LogP contribution in [0, 0.1) is 5.82 Å². The molecule has 2 aliphatic rings. The first-order chi connectivity index (χ1) is 18.3. The molecule has 0 N–H and O–H groups in total. The second kappa shape index (κ2) is 9.65. The molecule has 1 saturated carbocycles. The number of hydrogen-bond donors (Lipinski definition) is 0. The van der Waals surface area contributed by atoms with Crippen LogP contribution in [0.2, 0.25) is 0 Å². The molecule has 2 aromatic carbocycles. The number of fused-ring (bicyclic) bond motifs is 1. The topological polar surface area (TPSA) is 50.1 Å². The van der Waals surface area contributed by atoms with E-state index in [1.807, 2.05) is 31.3 Å². The van der Waals surface area contributed by atoms with Gasteiger partial charge in [-0.05, 0) is 49.4 Å². The molecular formula is C28H28F4N6. The Balaban J connectivity index is 1.23. The molecule has 2 aromatic heterocycles. The largest absolute Gasteiger partial charge is 0.416 e. The van der Waals surface area contributed by atoms with Gasteiger partial charge in [-0.2, -0.15) is 18.3 Å². The van der Waals surface area contributed by atoms with Gasteiger partial charge >= 0.3 is 6.18 Å². The van der Waals surface area contributed by atoms with Crippen LogP contribution in [0.4, 0.5) is 23.4 Å². The fourth-order valence-corrected chi connectivity index (χ4v) is 5.64. The number of alkyl halides is 3. The zero-order valence-electron chi connectivity index (χ0n) is 21.0. The van der Waals surface area contributed by atoms with E-state index in [4.69, 9.17) is 0 Å². The van der Waals surface area contributed by atoms with E-state index in [2.05, 4.69) is 31.2 Å². The monoisotopic (exact) mass is 524 g/mol. The predicted octanol–water partition coefficient (Wildman–Crippen LogP) is 5.82. The maximum Gasteiger partial charge on any atom is 0.416 e. The average Bonchev–Trinajstić information content (AvgIpc) is 3.67. The Morgan fingerprint density at radius 1 is 0.921 bits per heavy atom. The molecule has 4 aromatic rings. The first-order valence-electron chi connectivity index (χ1n) is 12.9. The first kappa shape index (κ1) is 24.8. The number of hydrogen-bond acceptors (Lipinski definition) is 5. The summed E-state index contributed by atoms with van der Waals surface area (Å²) in [5.74, 6) is -0.0454. The molecule has 6 rings (SSSR count). The number of nitrogens with zero attached hydrogens (tertiary/aromatic N) is 6. The van der Waals surface area contributed by atoms with Crippen LogP contribution in [0.25, 0.3) is 22.2 Å². The van der Waals surface area contributed by atoms with Crippen molar-refractivity contribution in [2.45, 2.75) is 50.5 Å². The molecule has 6 nitrogen and oxygen atoms in total. The lowest BCUT2D eigenvalue weighted by Gasteiger charge is -2.39. The fourth-order valence-electron chi connectivity index (χ4n) is 5.64. The van der Waals surface area contributed by atoms with E-state index in [1.165, 1.54) is 6.07 Å². The van der Waals surface area contributed by atoms with E-state index >= 15 is 0 Å². The summed E-state index contributed by atoms with van der Waals surface area (Å²) in [5, 5.41) is 15.5. The zero-order valence-corrected chi connectivity index (χ0v) is 21.0. The molecule has 1 aliphatic heterocycles. The molecule has 0 bridgehead atoms. The molecule has 38 heavy (non-hydrogen) atoms. The average molecular weight is 525 g/mol. The number of anilines is 1. The zero-order chi connectivity index (χ0) is 26.4. The van der Waals surface area contributed by atoms with E-state index in [0.29, 0.717) is 6.07 Å². The highest BCUT2D eigenvalue weighted by Crippen LogP contribution is 2.38. The van der Waals surface area contributed by atoms with Crippen molar-refractivity contribution >= 4 is 16.6 Å². The van der Waals surface area contributed by atoms with Crippen molar-refractivity contribution in [2.75, 3.05) is 18.0 Å². The number of piperidine rings is 1. The van der Waals surface area contributed by atoms with Gasteiger partial charge in [-0.25, -0.2) is 4.39 Å². The highest BCUT2D eigenvalue weighted by molar-refractivity contribution is 5.99. The minimum atomic E-state index is -4.59. The minimum absolute atomic E-state index is 0.135. The van der Waals surface area contributed by atoms with Crippen LogP contribution in [0.3, 0.4) is 0 Å². The Hall–Kier alpha value is -3.53. The van der Waals surface area contributed by atoms with E-state index in [0.717, 1.165) is 72.8 Å². The number of rotatable bonds is 6. The molecule has 1 saturated heterocycles. The van der Waals surface area contributed by atoms with Crippen LogP contribution in [-0.4, -0.2) is 50.1 Å². The van der Waals surface area contributed by atoms with Crippen LogP contribution >= 0.6 is 0 Å². The van der Waals surface area contributed by atoms with Gasteiger partial charge in [0.2, 0.25) is 0 Å². The van der Waals surface area contributed by atoms with E-state index in [9.17, 15) is 17.6 Å². The second-order valence-electron chi connectivity index (χ2n) is 10.2. The molecular weight excluding hydrogens is 496 g/mol. The van der Waals surface area contributed by atoms with Crippen molar-refractivity contribution in [1.82, 2.24) is 24.9 Å². The maximum absolute atomic E-state index is 13.6. The van der Waals surface area contributed by atoms with E-state index in [-0.39, 0.29) is 24.2 Å². The first-order valence-corrected chi connectivity index (χ1v) is 12.9. The van der Waals surface area contributed by atoms with Gasteiger partial charge in [0.15, 0.2) is 5.82 Å². The van der Waals surface area contributed by atoms with E-state index in [1.54, 1.807) is 10.9 Å². The molecule has 0 radical (unpaired) electrons. The van der Waals surface area contributed by atoms with Crippen LogP contribution < -0.4 is 4.90 Å². The van der Waals surface area contributed by atoms with E-state index < -0.39 is 17.6 Å². The van der Waals surface area contributed by atoms with Gasteiger partial charge in [0.25, 0.3) is 0 Å². The van der Waals surface area contributed by atoms with Gasteiger partial charge in [0.1, 0.15) is 11.5 Å². The standard InChI is InChI=1S/C28H28F4N6/c1-36-25(10-13-33-36)26-22-4-2-3-5-23(22)27(35-34-26)37-14-11-21(12-15-37)38(20-8-9-20)17-18-6-7-19(29)16-24(18)28(30,31)32/h2-7,10,13,16,20-21H,8-9,11-12,14-15,17H2,1H3. The Labute approximate surface area is 217 Å². The van der Waals surface area contributed by atoms with Crippen LogP contribution in [0.15, 0.2) is 54.7 Å². The summed E-state index contributed by atoms with van der Waals surface area (Å²) < 4.78 is 56.3. The molecule has 3 heterocycles. The van der Waals surface area contributed by atoms with Crippen LogP contribution in [-0.2, 0) is 19.8 Å². The van der Waals surface area contributed by atoms with Gasteiger partial charge in [-0.3, -0.25) is 9.58 Å². The van der Waals surface area contributed by atoms with Crippen LogP contribution in [0.1, 0.15) is 36.8 Å². The summed E-state index contributed by atoms with van der Waals surface area (Å²) in [6.45, 7) is 1.63. The third-order valence-electron chi connectivity index (χ3n) is 7.71. The highest BCUT2D eigenvalue weighted by atomic mass is 19.4. The smallest absolute Gasteiger partial charge is 0.354 e. The molecule has 0 unspecified atom stereocenters. The summed E-state index contributed by atoms with van der Waals surface area (Å²) in [5.41, 5.74) is 0.920. The van der Waals surface area contributed by atoms with Gasteiger partial charge in [-0.15, -0.1) is 10.2 Å². The molecule has 2 fully saturated rings. The van der Waals surface area contributed by atoms with Crippen molar-refractivity contribution in [3.05, 3.63) is 71.7 Å². The summed E-state index contributed by atoms with van der Waals surface area (Å²) >= 11 is 0. The summed E-state index contributed by atoms with van der Waals surface area (Å²) in [4.78, 5) is 4.43. The van der Waals surface area contributed by atoms with Crippen molar-refractivity contribution in [2.24, 2.45) is 7.05 Å². The lowest BCUT2D eigenvalue weighted by Crippen LogP contribution is -2.46. The number of aromatic nitrogens is 4. The Morgan fingerprint density at radius 2 is 1.63 bits per heavy atom. The molecule has 10 heteroatoms. The Morgan fingerprint density at radius 3 is 2.29 bits per heavy atom. The quantitative estimate of drug-likeness (QED) is 0.298. The number of aryl methyl sites for hydroxylation is 1. The summed E-state index contributed by atoms with van der Waals surface area (Å²) in [6.07, 6.45) is 0.719. The highest BCUT2D eigenvalue weighted by Gasteiger charge is 2.39. The fraction of sp³-hybridized carbons (Fsp3) is 0.393. The van der Waals surface area contributed by atoms with Gasteiger partial charge in [0.05, 0.1) is 11.3 Å². The summed E-state index contributed by atoms with van der Waals surface area (Å²) in [6, 6.07) is 13.4. The normalized spacial score (nSPS) is 17.1. The Bertz CT molecular complexity index is 1450. The molecule has 0 amide bonds. The molecule has 0 spiro atoms. The predicted molar refractivity (Wildman–Crippen MR) is 137 cm³/mol. The molecule has 1 aliphatic carbocycles. The molecule has 198 valence electrons. The van der Waals surface area contributed by atoms with Gasteiger partial charge in [-0.1, -0.05) is 30.3 Å². The lowest BCUT2D eigenvalue weighted by molar-refractivity contribution is -0.138. The SMILES string of the molecule is Cn1nccc1-c1nnc(N2CCC(N(Cc3ccc(F)cc3C(F)(F)F)C3CC3)CC2)c2ccccc12. The summed E-state index contributed by atoms with van der Waals surface area (Å²) in [7, 11) is 1.87. The minimum Gasteiger partial charge on any atom is -0.354 e. The van der Waals surface area contributed by atoms with Crippen molar-refractivity contribution in [3.63, 3.8) is 0 Å².